The summed E-state index contributed by atoms with van der Waals surface area (Å²) in [5, 5.41) is 16.3. The molecule has 194 valence electrons. The van der Waals surface area contributed by atoms with Crippen LogP contribution in [0.2, 0.25) is 0 Å². The number of nitrogens with one attached hydrogen (secondary N) is 2. The van der Waals surface area contributed by atoms with Crippen molar-refractivity contribution in [2.24, 2.45) is 0 Å². The van der Waals surface area contributed by atoms with Crippen molar-refractivity contribution in [1.29, 1.82) is 0 Å². The molecule has 4 aromatic carbocycles. The van der Waals surface area contributed by atoms with Crippen LogP contribution >= 0.6 is 0 Å². The average Bonchev–Trinajstić information content (AvgIpc) is 2.94. The van der Waals surface area contributed by atoms with Gasteiger partial charge in [-0.2, -0.15) is 0 Å². The number of amides is 2. The van der Waals surface area contributed by atoms with Crippen LogP contribution in [0, 0.1) is 17.0 Å². The number of aryl methyl sites for hydroxylation is 1. The van der Waals surface area contributed by atoms with Crippen LogP contribution in [0.3, 0.4) is 0 Å². The van der Waals surface area contributed by atoms with Crippen molar-refractivity contribution in [3.8, 4) is 0 Å². The molecule has 0 saturated carbocycles. The lowest BCUT2D eigenvalue weighted by molar-refractivity contribution is -0.384. The van der Waals surface area contributed by atoms with E-state index in [0.717, 1.165) is 11.1 Å². The molecule has 4 aromatic rings. The SMILES string of the molecule is Cc1ccc(CC(=O)Nc2ccc(NC(=O)/C=C/c3ccc([N+](=O)[O-])cc3)cc2C(=O)c2ccccc2)cc1. The monoisotopic (exact) mass is 519 g/mol. The van der Waals surface area contributed by atoms with Crippen LogP contribution in [0.1, 0.15) is 32.6 Å². The number of hydrogen-bond acceptors (Lipinski definition) is 5. The first kappa shape index (κ1) is 26.7. The zero-order valence-corrected chi connectivity index (χ0v) is 21.1. The van der Waals surface area contributed by atoms with Crippen LogP contribution in [0.15, 0.2) is 103 Å². The lowest BCUT2D eigenvalue weighted by Gasteiger charge is -2.13. The summed E-state index contributed by atoms with van der Waals surface area (Å²) in [6.07, 6.45) is 2.96. The maximum absolute atomic E-state index is 13.3. The summed E-state index contributed by atoms with van der Waals surface area (Å²) in [7, 11) is 0. The van der Waals surface area contributed by atoms with Gasteiger partial charge in [0.05, 0.1) is 17.0 Å². The van der Waals surface area contributed by atoms with Crippen LogP contribution in [0.4, 0.5) is 17.1 Å². The van der Waals surface area contributed by atoms with Gasteiger partial charge in [0, 0.05) is 35.0 Å². The van der Waals surface area contributed by atoms with Gasteiger partial charge in [-0.3, -0.25) is 24.5 Å². The molecule has 0 spiro atoms. The van der Waals surface area contributed by atoms with E-state index >= 15 is 0 Å². The molecule has 0 bridgehead atoms. The van der Waals surface area contributed by atoms with Gasteiger partial charge >= 0.3 is 0 Å². The predicted octanol–water partition coefficient (Wildman–Crippen LogP) is 5.97. The summed E-state index contributed by atoms with van der Waals surface area (Å²) in [6, 6.07) is 26.8. The Morgan fingerprint density at radius 2 is 1.54 bits per heavy atom. The Hall–Kier alpha value is -5.37. The topological polar surface area (TPSA) is 118 Å². The quantitative estimate of drug-likeness (QED) is 0.122. The minimum absolute atomic E-state index is 0.0433. The van der Waals surface area contributed by atoms with E-state index in [1.165, 1.54) is 42.5 Å². The number of hydrogen-bond donors (Lipinski definition) is 2. The summed E-state index contributed by atoms with van der Waals surface area (Å²) in [4.78, 5) is 49.0. The fourth-order valence-electron chi connectivity index (χ4n) is 3.81. The number of anilines is 2. The van der Waals surface area contributed by atoms with Gasteiger partial charge < -0.3 is 10.6 Å². The van der Waals surface area contributed by atoms with Crippen LogP contribution in [0.5, 0.6) is 0 Å². The second kappa shape index (κ2) is 12.2. The van der Waals surface area contributed by atoms with Gasteiger partial charge in [0.25, 0.3) is 5.69 Å². The second-order valence-electron chi connectivity index (χ2n) is 8.84. The highest BCUT2D eigenvalue weighted by Crippen LogP contribution is 2.24. The lowest BCUT2D eigenvalue weighted by Crippen LogP contribution is -2.18. The average molecular weight is 520 g/mol. The van der Waals surface area contributed by atoms with Gasteiger partial charge in [0.15, 0.2) is 5.78 Å². The minimum atomic E-state index is -0.497. The van der Waals surface area contributed by atoms with Gasteiger partial charge in [-0.1, -0.05) is 60.2 Å². The number of nitro benzene ring substituents is 1. The molecule has 0 fully saturated rings. The largest absolute Gasteiger partial charge is 0.325 e. The zero-order chi connectivity index (χ0) is 27.8. The van der Waals surface area contributed by atoms with E-state index in [9.17, 15) is 24.5 Å². The smallest absolute Gasteiger partial charge is 0.269 e. The number of nitrogens with zero attached hydrogens (tertiary/aromatic N) is 1. The van der Waals surface area contributed by atoms with Gasteiger partial charge in [-0.15, -0.1) is 0 Å². The third-order valence-corrected chi connectivity index (χ3v) is 5.86. The van der Waals surface area contributed by atoms with Crippen molar-refractivity contribution >= 4 is 40.7 Å². The molecule has 8 nitrogen and oxygen atoms in total. The Morgan fingerprint density at radius 1 is 0.846 bits per heavy atom. The van der Waals surface area contributed by atoms with Crippen molar-refractivity contribution in [3.05, 3.63) is 141 Å². The van der Waals surface area contributed by atoms with E-state index in [4.69, 9.17) is 0 Å². The molecule has 39 heavy (non-hydrogen) atoms. The van der Waals surface area contributed by atoms with E-state index in [1.807, 2.05) is 31.2 Å². The summed E-state index contributed by atoms with van der Waals surface area (Å²) < 4.78 is 0. The number of ketones is 1. The number of nitro groups is 1. The van der Waals surface area contributed by atoms with E-state index < -0.39 is 10.8 Å². The van der Waals surface area contributed by atoms with E-state index in [0.29, 0.717) is 22.5 Å². The van der Waals surface area contributed by atoms with Crippen molar-refractivity contribution in [2.45, 2.75) is 13.3 Å². The normalized spacial score (nSPS) is 10.7. The molecule has 2 amide bonds. The third kappa shape index (κ3) is 7.33. The Balaban J connectivity index is 1.53. The van der Waals surface area contributed by atoms with Gasteiger partial charge in [-0.25, -0.2) is 0 Å². The van der Waals surface area contributed by atoms with E-state index in [1.54, 1.807) is 42.5 Å². The molecule has 0 aromatic heterocycles. The first-order valence-electron chi connectivity index (χ1n) is 12.1. The fraction of sp³-hybridized carbons (Fsp3) is 0.0645. The molecule has 0 radical (unpaired) electrons. The molecule has 0 aliphatic rings. The molecule has 8 heteroatoms. The minimum Gasteiger partial charge on any atom is -0.325 e. The van der Waals surface area contributed by atoms with Crippen molar-refractivity contribution in [1.82, 2.24) is 0 Å². The maximum Gasteiger partial charge on any atom is 0.269 e. The van der Waals surface area contributed by atoms with Gasteiger partial charge in [0.2, 0.25) is 11.8 Å². The number of rotatable bonds is 9. The summed E-state index contributed by atoms with van der Waals surface area (Å²) >= 11 is 0. The molecular weight excluding hydrogens is 494 g/mol. The second-order valence-corrected chi connectivity index (χ2v) is 8.84. The molecule has 0 heterocycles. The summed E-state index contributed by atoms with van der Waals surface area (Å²) in [5.41, 5.74) is 3.88. The third-order valence-electron chi connectivity index (χ3n) is 5.86. The first-order valence-corrected chi connectivity index (χ1v) is 12.1. The van der Waals surface area contributed by atoms with Crippen LogP contribution in [0.25, 0.3) is 6.08 Å². The summed E-state index contributed by atoms with van der Waals surface area (Å²) in [5.74, 6) is -1.04. The molecule has 0 aliphatic heterocycles. The molecule has 0 aliphatic carbocycles. The van der Waals surface area contributed by atoms with Gasteiger partial charge in [-0.05, 0) is 54.5 Å². The van der Waals surface area contributed by atoms with Crippen LogP contribution < -0.4 is 10.6 Å². The first-order chi connectivity index (χ1) is 18.8. The molecule has 4 rings (SSSR count). The highest BCUT2D eigenvalue weighted by atomic mass is 16.6. The lowest BCUT2D eigenvalue weighted by atomic mass is 10.0. The standard InChI is InChI=1S/C31H25N3O5/c1-21-7-9-23(10-8-21)19-30(36)33-28-17-14-25(20-27(28)31(37)24-5-3-2-4-6-24)32-29(35)18-13-22-11-15-26(16-12-22)34(38)39/h2-18,20H,19H2,1H3,(H,32,35)(H,33,36)/b18-13+. The Kier molecular flexibility index (Phi) is 8.38. The van der Waals surface area contributed by atoms with Crippen LogP contribution in [-0.4, -0.2) is 22.5 Å². The summed E-state index contributed by atoms with van der Waals surface area (Å²) in [6.45, 7) is 1.97. The highest BCUT2D eigenvalue weighted by molar-refractivity contribution is 6.15. The van der Waals surface area contributed by atoms with Crippen molar-refractivity contribution in [3.63, 3.8) is 0 Å². The fourth-order valence-corrected chi connectivity index (χ4v) is 3.81. The molecule has 0 unspecified atom stereocenters. The van der Waals surface area contributed by atoms with Crippen LogP contribution in [-0.2, 0) is 16.0 Å². The Bertz CT molecular complexity index is 1540. The van der Waals surface area contributed by atoms with E-state index in [2.05, 4.69) is 10.6 Å². The molecular formula is C31H25N3O5. The molecule has 2 N–H and O–H groups in total. The number of benzene rings is 4. The highest BCUT2D eigenvalue weighted by Gasteiger charge is 2.17. The Labute approximate surface area is 225 Å². The number of carbonyl (C=O) groups is 3. The number of carbonyl (C=O) groups excluding carboxylic acids is 3. The van der Waals surface area contributed by atoms with Crippen molar-refractivity contribution < 1.29 is 19.3 Å². The maximum atomic E-state index is 13.3. The Morgan fingerprint density at radius 3 is 2.21 bits per heavy atom. The van der Waals surface area contributed by atoms with E-state index in [-0.39, 0.29) is 29.4 Å². The zero-order valence-electron chi connectivity index (χ0n) is 21.1. The predicted molar refractivity (Wildman–Crippen MR) is 151 cm³/mol. The van der Waals surface area contributed by atoms with Crippen molar-refractivity contribution in [2.75, 3.05) is 10.6 Å². The molecule has 0 atom stereocenters. The molecule has 0 saturated heterocycles. The van der Waals surface area contributed by atoms with Gasteiger partial charge in [0.1, 0.15) is 0 Å². The number of non-ortho nitro benzene ring substituents is 1.